The summed E-state index contributed by atoms with van der Waals surface area (Å²) in [4.78, 5) is 18.9. The molecule has 4 rings (SSSR count). The molecule has 2 heterocycles. The van der Waals surface area contributed by atoms with Crippen molar-refractivity contribution in [3.05, 3.63) is 64.5 Å². The molecule has 2 amide bonds. The van der Waals surface area contributed by atoms with Gasteiger partial charge < -0.3 is 14.7 Å². The highest BCUT2D eigenvalue weighted by molar-refractivity contribution is 6.31. The number of aromatic nitrogens is 2. The number of anilines is 1. The van der Waals surface area contributed by atoms with Gasteiger partial charge in [-0.2, -0.15) is 4.98 Å². The summed E-state index contributed by atoms with van der Waals surface area (Å²) in [5.74, 6) is 0.905. The Morgan fingerprint density at radius 3 is 2.74 bits per heavy atom. The van der Waals surface area contributed by atoms with E-state index in [-0.39, 0.29) is 12.1 Å². The van der Waals surface area contributed by atoms with Crippen LogP contribution in [0, 0.1) is 0 Å². The Kier molecular flexibility index (Phi) is 5.01. The summed E-state index contributed by atoms with van der Waals surface area (Å²) >= 11 is 11.9. The average molecular weight is 403 g/mol. The van der Waals surface area contributed by atoms with Gasteiger partial charge in [-0.25, -0.2) is 4.79 Å². The van der Waals surface area contributed by atoms with Crippen molar-refractivity contribution in [2.45, 2.75) is 18.9 Å². The van der Waals surface area contributed by atoms with Crippen molar-refractivity contribution in [1.29, 1.82) is 0 Å². The lowest BCUT2D eigenvalue weighted by Gasteiger charge is -2.22. The highest BCUT2D eigenvalue weighted by Gasteiger charge is 2.34. The smallest absolute Gasteiger partial charge is 0.322 e. The van der Waals surface area contributed by atoms with E-state index in [0.29, 0.717) is 34.0 Å². The van der Waals surface area contributed by atoms with Crippen LogP contribution in [0.2, 0.25) is 10.0 Å². The van der Waals surface area contributed by atoms with Crippen molar-refractivity contribution in [2.24, 2.45) is 0 Å². The molecule has 0 saturated carbocycles. The Morgan fingerprint density at radius 2 is 1.96 bits per heavy atom. The quantitative estimate of drug-likeness (QED) is 0.635. The van der Waals surface area contributed by atoms with Gasteiger partial charge in [0.25, 0.3) is 0 Å². The number of halogens is 2. The lowest BCUT2D eigenvalue weighted by molar-refractivity contribution is 0.193. The van der Waals surface area contributed by atoms with Gasteiger partial charge in [0.2, 0.25) is 11.7 Å². The molecule has 1 N–H and O–H groups in total. The first-order valence-electron chi connectivity index (χ1n) is 8.53. The van der Waals surface area contributed by atoms with Gasteiger partial charge in [0, 0.05) is 27.8 Å². The van der Waals surface area contributed by atoms with Crippen LogP contribution in [0.15, 0.2) is 53.1 Å². The summed E-state index contributed by atoms with van der Waals surface area (Å²) in [6.45, 7) is 0.621. The van der Waals surface area contributed by atoms with Crippen molar-refractivity contribution < 1.29 is 9.32 Å². The second-order valence-electron chi connectivity index (χ2n) is 6.26. The van der Waals surface area contributed by atoms with E-state index >= 15 is 0 Å². The molecular weight excluding hydrogens is 387 g/mol. The fourth-order valence-electron chi connectivity index (χ4n) is 3.11. The first kappa shape index (κ1) is 17.8. The SMILES string of the molecule is O=C(Nc1cccc(Cl)c1)N1CCC[C@H]1c1nc(-c2ccc(Cl)cc2)no1. The van der Waals surface area contributed by atoms with Crippen LogP contribution in [0.25, 0.3) is 11.4 Å². The summed E-state index contributed by atoms with van der Waals surface area (Å²) in [7, 11) is 0. The minimum absolute atomic E-state index is 0.217. The zero-order valence-electron chi connectivity index (χ0n) is 14.2. The van der Waals surface area contributed by atoms with Crippen LogP contribution in [-0.4, -0.2) is 27.6 Å². The number of benzene rings is 2. The number of carbonyl (C=O) groups excluding carboxylic acids is 1. The number of carbonyl (C=O) groups is 1. The predicted octanol–water partition coefficient (Wildman–Crippen LogP) is 5.41. The predicted molar refractivity (Wildman–Crippen MR) is 104 cm³/mol. The standard InChI is InChI=1S/C19H16Cl2N4O2/c20-13-8-6-12(7-9-13)17-23-18(27-24-17)16-5-2-10-25(16)19(26)22-15-4-1-3-14(21)11-15/h1,3-4,6-9,11,16H,2,5,10H2,(H,22,26)/t16-/m0/s1. The van der Waals surface area contributed by atoms with E-state index in [4.69, 9.17) is 27.7 Å². The third kappa shape index (κ3) is 3.91. The Morgan fingerprint density at radius 1 is 1.15 bits per heavy atom. The maximum Gasteiger partial charge on any atom is 0.322 e. The summed E-state index contributed by atoms with van der Waals surface area (Å²) in [6, 6.07) is 13.8. The minimum atomic E-state index is -0.252. The van der Waals surface area contributed by atoms with Crippen molar-refractivity contribution in [2.75, 3.05) is 11.9 Å². The van der Waals surface area contributed by atoms with Gasteiger partial charge >= 0.3 is 6.03 Å². The van der Waals surface area contributed by atoms with Crippen LogP contribution in [0.5, 0.6) is 0 Å². The normalized spacial score (nSPS) is 16.5. The molecule has 6 nitrogen and oxygen atoms in total. The van der Waals surface area contributed by atoms with E-state index in [0.717, 1.165) is 18.4 Å². The zero-order valence-corrected chi connectivity index (χ0v) is 15.7. The summed E-state index contributed by atoms with van der Waals surface area (Å²) < 4.78 is 5.45. The molecule has 8 heteroatoms. The molecule has 0 radical (unpaired) electrons. The summed E-state index contributed by atoms with van der Waals surface area (Å²) in [5.41, 5.74) is 1.45. The molecule has 0 aliphatic carbocycles. The largest absolute Gasteiger partial charge is 0.337 e. The second-order valence-corrected chi connectivity index (χ2v) is 7.13. The number of nitrogens with one attached hydrogen (secondary N) is 1. The Labute approximate surface area is 166 Å². The third-order valence-corrected chi connectivity index (χ3v) is 4.91. The number of rotatable bonds is 3. The number of hydrogen-bond acceptors (Lipinski definition) is 4. The molecule has 0 unspecified atom stereocenters. The van der Waals surface area contributed by atoms with Crippen LogP contribution in [0.4, 0.5) is 10.5 Å². The van der Waals surface area contributed by atoms with E-state index in [9.17, 15) is 4.79 Å². The Balaban J connectivity index is 1.51. The van der Waals surface area contributed by atoms with Crippen molar-refractivity contribution in [1.82, 2.24) is 15.0 Å². The van der Waals surface area contributed by atoms with Crippen LogP contribution in [0.3, 0.4) is 0 Å². The van der Waals surface area contributed by atoms with Crippen molar-refractivity contribution in [3.63, 3.8) is 0 Å². The van der Waals surface area contributed by atoms with Gasteiger partial charge in [-0.15, -0.1) is 0 Å². The Hall–Kier alpha value is -2.57. The van der Waals surface area contributed by atoms with Crippen LogP contribution in [0.1, 0.15) is 24.8 Å². The number of amides is 2. The van der Waals surface area contributed by atoms with Gasteiger partial charge in [-0.05, 0) is 55.3 Å². The zero-order chi connectivity index (χ0) is 18.8. The van der Waals surface area contributed by atoms with E-state index in [1.165, 1.54) is 0 Å². The third-order valence-electron chi connectivity index (χ3n) is 4.42. The topological polar surface area (TPSA) is 71.3 Å². The van der Waals surface area contributed by atoms with Crippen molar-refractivity contribution in [3.8, 4) is 11.4 Å². The molecule has 1 fully saturated rings. The molecule has 1 saturated heterocycles. The van der Waals surface area contributed by atoms with Gasteiger partial charge in [0.05, 0.1) is 0 Å². The molecule has 0 bridgehead atoms. The lowest BCUT2D eigenvalue weighted by atomic mass is 10.2. The van der Waals surface area contributed by atoms with Crippen LogP contribution in [-0.2, 0) is 0 Å². The fourth-order valence-corrected chi connectivity index (χ4v) is 3.43. The molecule has 138 valence electrons. The molecule has 1 aliphatic heterocycles. The monoisotopic (exact) mass is 402 g/mol. The molecule has 1 aliphatic rings. The van der Waals surface area contributed by atoms with E-state index in [2.05, 4.69) is 15.5 Å². The van der Waals surface area contributed by atoms with E-state index < -0.39 is 0 Å². The van der Waals surface area contributed by atoms with Gasteiger partial charge in [0.1, 0.15) is 6.04 Å². The molecule has 2 aromatic carbocycles. The fraction of sp³-hybridized carbons (Fsp3) is 0.211. The van der Waals surface area contributed by atoms with Crippen LogP contribution < -0.4 is 5.32 Å². The molecule has 0 spiro atoms. The first-order valence-corrected chi connectivity index (χ1v) is 9.28. The molecule has 1 atom stereocenters. The van der Waals surface area contributed by atoms with Gasteiger partial charge in [-0.1, -0.05) is 34.4 Å². The van der Waals surface area contributed by atoms with E-state index in [1.807, 2.05) is 12.1 Å². The highest BCUT2D eigenvalue weighted by Crippen LogP contribution is 2.32. The van der Waals surface area contributed by atoms with Crippen molar-refractivity contribution >= 4 is 34.9 Å². The minimum Gasteiger partial charge on any atom is -0.337 e. The van der Waals surface area contributed by atoms with E-state index in [1.54, 1.807) is 41.3 Å². The van der Waals surface area contributed by atoms with Gasteiger partial charge in [0.15, 0.2) is 0 Å². The van der Waals surface area contributed by atoms with Crippen LogP contribution >= 0.6 is 23.2 Å². The second kappa shape index (κ2) is 7.58. The maximum absolute atomic E-state index is 12.7. The highest BCUT2D eigenvalue weighted by atomic mass is 35.5. The van der Waals surface area contributed by atoms with Gasteiger partial charge in [-0.3, -0.25) is 0 Å². The number of urea groups is 1. The number of likely N-dealkylation sites (tertiary alicyclic amines) is 1. The summed E-state index contributed by atoms with van der Waals surface area (Å²) in [6.07, 6.45) is 1.64. The maximum atomic E-state index is 12.7. The average Bonchev–Trinajstić information content (AvgIpc) is 3.31. The molecular formula is C19H16Cl2N4O2. The Bertz CT molecular complexity index is 958. The molecule has 27 heavy (non-hydrogen) atoms. The molecule has 3 aromatic rings. The lowest BCUT2D eigenvalue weighted by Crippen LogP contribution is -2.34. The molecule has 1 aromatic heterocycles. The summed E-state index contributed by atoms with van der Waals surface area (Å²) in [5, 5.41) is 8.12. The number of hydrogen-bond donors (Lipinski definition) is 1. The number of nitrogens with zero attached hydrogens (tertiary/aromatic N) is 3. The first-order chi connectivity index (χ1) is 13.1.